The van der Waals surface area contributed by atoms with Gasteiger partial charge in [-0.05, 0) is 43.6 Å². The van der Waals surface area contributed by atoms with Gasteiger partial charge in [0.25, 0.3) is 0 Å². The van der Waals surface area contributed by atoms with E-state index in [1.165, 1.54) is 5.56 Å². The standard InChI is InChI=1S/C14H21ClN2O/c1-10(8-16)11-3-4-14(13(15)7-11)18-12-5-6-17(2)9-12/h3-4,7,10,12H,5-6,8-9,16H2,1-2H3. The van der Waals surface area contributed by atoms with E-state index in [9.17, 15) is 0 Å². The number of hydrogen-bond acceptors (Lipinski definition) is 3. The maximum Gasteiger partial charge on any atom is 0.138 e. The largest absolute Gasteiger partial charge is 0.487 e. The maximum atomic E-state index is 6.27. The Bertz CT molecular complexity index is 411. The Labute approximate surface area is 114 Å². The van der Waals surface area contributed by atoms with Gasteiger partial charge in [0.1, 0.15) is 11.9 Å². The van der Waals surface area contributed by atoms with Crippen molar-refractivity contribution in [2.75, 3.05) is 26.7 Å². The zero-order valence-corrected chi connectivity index (χ0v) is 11.8. The first-order valence-electron chi connectivity index (χ1n) is 6.45. The highest BCUT2D eigenvalue weighted by Crippen LogP contribution is 2.30. The Morgan fingerprint density at radius 3 is 2.89 bits per heavy atom. The van der Waals surface area contributed by atoms with Gasteiger partial charge in [-0.2, -0.15) is 0 Å². The van der Waals surface area contributed by atoms with Crippen molar-refractivity contribution >= 4 is 11.6 Å². The van der Waals surface area contributed by atoms with Crippen LogP contribution in [-0.2, 0) is 0 Å². The molecule has 1 aromatic rings. The highest BCUT2D eigenvalue weighted by Gasteiger charge is 2.21. The Kier molecular flexibility index (Phi) is 4.49. The summed E-state index contributed by atoms with van der Waals surface area (Å²) in [4.78, 5) is 2.27. The van der Waals surface area contributed by atoms with E-state index in [2.05, 4.69) is 24.9 Å². The first-order valence-corrected chi connectivity index (χ1v) is 6.82. The van der Waals surface area contributed by atoms with Gasteiger partial charge >= 0.3 is 0 Å². The molecule has 0 aliphatic carbocycles. The number of likely N-dealkylation sites (N-methyl/N-ethyl adjacent to an activating group) is 1. The van der Waals surface area contributed by atoms with Gasteiger partial charge in [0, 0.05) is 13.1 Å². The highest BCUT2D eigenvalue weighted by molar-refractivity contribution is 6.32. The second kappa shape index (κ2) is 5.91. The predicted octanol–water partition coefficient (Wildman–Crippen LogP) is 2.49. The molecule has 1 saturated heterocycles. The first-order chi connectivity index (χ1) is 8.60. The van der Waals surface area contributed by atoms with E-state index in [4.69, 9.17) is 22.1 Å². The SMILES string of the molecule is CC(CN)c1ccc(OC2CCN(C)C2)c(Cl)c1. The average molecular weight is 269 g/mol. The van der Waals surface area contributed by atoms with Crippen molar-refractivity contribution in [1.29, 1.82) is 0 Å². The molecule has 18 heavy (non-hydrogen) atoms. The van der Waals surface area contributed by atoms with Gasteiger partial charge in [-0.25, -0.2) is 0 Å². The van der Waals surface area contributed by atoms with E-state index in [1.807, 2.05) is 12.1 Å². The maximum absolute atomic E-state index is 6.27. The third-order valence-corrected chi connectivity index (χ3v) is 3.82. The smallest absolute Gasteiger partial charge is 0.138 e. The number of likely N-dealkylation sites (tertiary alicyclic amines) is 1. The van der Waals surface area contributed by atoms with E-state index >= 15 is 0 Å². The third kappa shape index (κ3) is 3.16. The van der Waals surface area contributed by atoms with E-state index in [0.29, 0.717) is 17.5 Å². The lowest BCUT2D eigenvalue weighted by Crippen LogP contribution is -2.21. The number of ether oxygens (including phenoxy) is 1. The molecule has 3 nitrogen and oxygen atoms in total. The van der Waals surface area contributed by atoms with Crippen molar-refractivity contribution in [3.05, 3.63) is 28.8 Å². The van der Waals surface area contributed by atoms with Crippen molar-refractivity contribution in [1.82, 2.24) is 4.90 Å². The predicted molar refractivity (Wildman–Crippen MR) is 75.5 cm³/mol. The van der Waals surface area contributed by atoms with Gasteiger partial charge in [-0.3, -0.25) is 0 Å². The molecule has 0 aromatic heterocycles. The molecule has 1 aromatic carbocycles. The lowest BCUT2D eigenvalue weighted by atomic mass is 10.0. The molecule has 0 radical (unpaired) electrons. The molecule has 1 aliphatic rings. The molecular weight excluding hydrogens is 248 g/mol. The minimum atomic E-state index is 0.255. The van der Waals surface area contributed by atoms with E-state index in [1.54, 1.807) is 0 Å². The van der Waals surface area contributed by atoms with Crippen molar-refractivity contribution in [3.63, 3.8) is 0 Å². The quantitative estimate of drug-likeness (QED) is 0.912. The van der Waals surface area contributed by atoms with Gasteiger partial charge in [-0.15, -0.1) is 0 Å². The minimum absolute atomic E-state index is 0.255. The number of rotatable bonds is 4. The van der Waals surface area contributed by atoms with Crippen LogP contribution in [-0.4, -0.2) is 37.7 Å². The summed E-state index contributed by atoms with van der Waals surface area (Å²) in [5.74, 6) is 1.11. The summed E-state index contributed by atoms with van der Waals surface area (Å²) in [6.45, 7) is 4.78. The molecule has 100 valence electrons. The summed E-state index contributed by atoms with van der Waals surface area (Å²) in [5.41, 5.74) is 6.82. The van der Waals surface area contributed by atoms with E-state index in [0.717, 1.165) is 25.3 Å². The van der Waals surface area contributed by atoms with Crippen LogP contribution < -0.4 is 10.5 Å². The lowest BCUT2D eigenvalue weighted by Gasteiger charge is -2.16. The normalized spacial score (nSPS) is 22.1. The monoisotopic (exact) mass is 268 g/mol. The summed E-state index contributed by atoms with van der Waals surface area (Å²) in [5, 5.41) is 0.683. The molecule has 2 rings (SSSR count). The fourth-order valence-corrected chi connectivity index (χ4v) is 2.46. The minimum Gasteiger partial charge on any atom is -0.487 e. The number of halogens is 1. The van der Waals surface area contributed by atoms with Crippen LogP contribution in [0.15, 0.2) is 18.2 Å². The van der Waals surface area contributed by atoms with Gasteiger partial charge in [0.2, 0.25) is 0 Å². The zero-order valence-electron chi connectivity index (χ0n) is 11.0. The van der Waals surface area contributed by atoms with E-state index < -0.39 is 0 Å². The average Bonchev–Trinajstić information content (AvgIpc) is 2.76. The van der Waals surface area contributed by atoms with Gasteiger partial charge in [0.05, 0.1) is 5.02 Å². The van der Waals surface area contributed by atoms with Crippen molar-refractivity contribution in [2.24, 2.45) is 5.73 Å². The molecule has 4 heteroatoms. The van der Waals surface area contributed by atoms with Crippen molar-refractivity contribution in [3.8, 4) is 5.75 Å². The van der Waals surface area contributed by atoms with E-state index in [-0.39, 0.29) is 6.10 Å². The Hall–Kier alpha value is -0.770. The molecule has 1 heterocycles. The summed E-state index contributed by atoms with van der Waals surface area (Å²) in [6, 6.07) is 5.98. The summed E-state index contributed by atoms with van der Waals surface area (Å²) < 4.78 is 5.94. The summed E-state index contributed by atoms with van der Waals surface area (Å²) in [6.07, 6.45) is 1.32. The van der Waals surface area contributed by atoms with Gasteiger partial charge < -0.3 is 15.4 Å². The molecule has 0 bridgehead atoms. The fourth-order valence-electron chi connectivity index (χ4n) is 2.23. The number of nitrogens with zero attached hydrogens (tertiary/aromatic N) is 1. The molecule has 0 saturated carbocycles. The highest BCUT2D eigenvalue weighted by atomic mass is 35.5. The number of nitrogens with two attached hydrogens (primary N) is 1. The van der Waals surface area contributed by atoms with Crippen LogP contribution in [0.3, 0.4) is 0 Å². The summed E-state index contributed by atoms with van der Waals surface area (Å²) in [7, 11) is 2.11. The Balaban J connectivity index is 2.05. The lowest BCUT2D eigenvalue weighted by molar-refractivity contribution is 0.208. The first kappa shape index (κ1) is 13.7. The van der Waals surface area contributed by atoms with Crippen LogP contribution in [0.5, 0.6) is 5.75 Å². The molecule has 0 spiro atoms. The topological polar surface area (TPSA) is 38.5 Å². The number of hydrogen-bond donors (Lipinski definition) is 1. The Morgan fingerprint density at radius 1 is 1.56 bits per heavy atom. The van der Waals surface area contributed by atoms with Crippen LogP contribution in [0.25, 0.3) is 0 Å². The van der Waals surface area contributed by atoms with Gasteiger partial charge in [-0.1, -0.05) is 24.6 Å². The van der Waals surface area contributed by atoms with Crippen molar-refractivity contribution in [2.45, 2.75) is 25.4 Å². The van der Waals surface area contributed by atoms with Crippen LogP contribution in [0.2, 0.25) is 5.02 Å². The molecule has 2 N–H and O–H groups in total. The van der Waals surface area contributed by atoms with Crippen LogP contribution in [0.1, 0.15) is 24.8 Å². The second-order valence-corrected chi connectivity index (χ2v) is 5.52. The molecule has 0 amide bonds. The van der Waals surface area contributed by atoms with Crippen LogP contribution in [0, 0.1) is 0 Å². The molecule has 1 aliphatic heterocycles. The van der Waals surface area contributed by atoms with Crippen LogP contribution in [0.4, 0.5) is 0 Å². The third-order valence-electron chi connectivity index (χ3n) is 3.52. The fraction of sp³-hybridized carbons (Fsp3) is 0.571. The molecular formula is C14H21ClN2O. The molecule has 2 atom stereocenters. The van der Waals surface area contributed by atoms with Gasteiger partial charge in [0.15, 0.2) is 0 Å². The second-order valence-electron chi connectivity index (χ2n) is 5.12. The van der Waals surface area contributed by atoms with Crippen LogP contribution >= 0.6 is 11.6 Å². The molecule has 2 unspecified atom stereocenters. The Morgan fingerprint density at radius 2 is 2.33 bits per heavy atom. The van der Waals surface area contributed by atoms with Crippen molar-refractivity contribution < 1.29 is 4.74 Å². The molecule has 1 fully saturated rings. The zero-order chi connectivity index (χ0) is 13.1. The number of benzene rings is 1. The summed E-state index contributed by atoms with van der Waals surface area (Å²) >= 11 is 6.27.